The molecule has 1 heterocycles. The molecule has 96 valence electrons. The van der Waals surface area contributed by atoms with Crippen molar-refractivity contribution in [3.05, 3.63) is 0 Å². The first-order valence-corrected chi connectivity index (χ1v) is 6.59. The highest BCUT2D eigenvalue weighted by Crippen LogP contribution is 2.27. The van der Waals surface area contributed by atoms with E-state index < -0.39 is 0 Å². The number of nitrogens with one attached hydrogen (secondary N) is 1. The number of nitrogens with zero attached hydrogens (tertiary/aromatic N) is 1. The van der Waals surface area contributed by atoms with Crippen LogP contribution < -0.4 is 5.32 Å². The molecule has 1 aliphatic rings. The summed E-state index contributed by atoms with van der Waals surface area (Å²) >= 11 is 0. The summed E-state index contributed by atoms with van der Waals surface area (Å²) in [5, 5.41) is 3.61. The van der Waals surface area contributed by atoms with Crippen molar-refractivity contribution in [2.24, 2.45) is 0 Å². The van der Waals surface area contributed by atoms with E-state index in [1.165, 1.54) is 12.8 Å². The molecule has 3 heteroatoms. The van der Waals surface area contributed by atoms with E-state index in [1.807, 2.05) is 0 Å². The Labute approximate surface area is 101 Å². The molecule has 0 amide bonds. The standard InChI is InChI=1S/C13H28N2O/c1-6-13(7-2)10-14-11(3)8-15(13)9-12(4)16-5/h11-12,14H,6-10H2,1-5H3. The van der Waals surface area contributed by atoms with E-state index in [0.29, 0.717) is 17.7 Å². The Balaban J connectivity index is 2.71. The van der Waals surface area contributed by atoms with Gasteiger partial charge >= 0.3 is 0 Å². The van der Waals surface area contributed by atoms with Crippen LogP contribution in [0.4, 0.5) is 0 Å². The van der Waals surface area contributed by atoms with Gasteiger partial charge in [0.1, 0.15) is 0 Å². The largest absolute Gasteiger partial charge is 0.380 e. The molecule has 1 saturated heterocycles. The Hall–Kier alpha value is -0.120. The third-order valence-corrected chi connectivity index (χ3v) is 4.14. The molecule has 2 atom stereocenters. The lowest BCUT2D eigenvalue weighted by atomic mass is 9.87. The van der Waals surface area contributed by atoms with Crippen LogP contribution in [-0.2, 0) is 4.74 Å². The summed E-state index contributed by atoms with van der Waals surface area (Å²) in [6.45, 7) is 12.3. The van der Waals surface area contributed by atoms with Crippen molar-refractivity contribution in [3.63, 3.8) is 0 Å². The second-order valence-corrected chi connectivity index (χ2v) is 5.16. The van der Waals surface area contributed by atoms with Gasteiger partial charge in [-0.3, -0.25) is 4.90 Å². The molecule has 0 aromatic rings. The van der Waals surface area contributed by atoms with Crippen LogP contribution >= 0.6 is 0 Å². The number of methoxy groups -OCH3 is 1. The van der Waals surface area contributed by atoms with Gasteiger partial charge in [0.15, 0.2) is 0 Å². The van der Waals surface area contributed by atoms with Gasteiger partial charge in [0.05, 0.1) is 6.10 Å². The van der Waals surface area contributed by atoms with Crippen molar-refractivity contribution < 1.29 is 4.74 Å². The van der Waals surface area contributed by atoms with Crippen molar-refractivity contribution in [2.45, 2.75) is 58.2 Å². The van der Waals surface area contributed by atoms with Crippen molar-refractivity contribution in [1.82, 2.24) is 10.2 Å². The third-order valence-electron chi connectivity index (χ3n) is 4.14. The molecule has 0 aromatic heterocycles. The van der Waals surface area contributed by atoms with Gasteiger partial charge in [-0.25, -0.2) is 0 Å². The van der Waals surface area contributed by atoms with Gasteiger partial charge in [0.25, 0.3) is 0 Å². The average Bonchev–Trinajstić information content (AvgIpc) is 2.30. The summed E-state index contributed by atoms with van der Waals surface area (Å²) in [4.78, 5) is 2.63. The van der Waals surface area contributed by atoms with Crippen LogP contribution in [0.1, 0.15) is 40.5 Å². The average molecular weight is 228 g/mol. The fraction of sp³-hybridized carbons (Fsp3) is 1.00. The molecule has 1 rings (SSSR count). The van der Waals surface area contributed by atoms with Crippen LogP contribution in [0.15, 0.2) is 0 Å². The number of hydrogen-bond donors (Lipinski definition) is 1. The molecule has 1 aliphatic heterocycles. The normalized spacial score (nSPS) is 27.9. The first-order valence-electron chi connectivity index (χ1n) is 6.59. The fourth-order valence-electron chi connectivity index (χ4n) is 2.67. The highest BCUT2D eigenvalue weighted by molar-refractivity contribution is 4.96. The Morgan fingerprint density at radius 3 is 2.56 bits per heavy atom. The Morgan fingerprint density at radius 2 is 2.06 bits per heavy atom. The molecule has 0 aliphatic carbocycles. The summed E-state index contributed by atoms with van der Waals surface area (Å²) in [5.41, 5.74) is 0.333. The Morgan fingerprint density at radius 1 is 1.44 bits per heavy atom. The molecule has 2 unspecified atom stereocenters. The van der Waals surface area contributed by atoms with Crippen LogP contribution in [0.3, 0.4) is 0 Å². The van der Waals surface area contributed by atoms with Gasteiger partial charge < -0.3 is 10.1 Å². The Bertz CT molecular complexity index is 204. The topological polar surface area (TPSA) is 24.5 Å². The molecule has 1 fully saturated rings. The van der Waals surface area contributed by atoms with E-state index in [4.69, 9.17) is 4.74 Å². The monoisotopic (exact) mass is 228 g/mol. The SMILES string of the molecule is CCC1(CC)CNC(C)CN1CC(C)OC. The van der Waals surface area contributed by atoms with E-state index in [0.717, 1.165) is 19.6 Å². The minimum absolute atomic E-state index is 0.322. The zero-order chi connectivity index (χ0) is 12.2. The van der Waals surface area contributed by atoms with Crippen molar-refractivity contribution in [1.29, 1.82) is 0 Å². The molecular formula is C13H28N2O. The van der Waals surface area contributed by atoms with E-state index >= 15 is 0 Å². The first-order chi connectivity index (χ1) is 7.57. The van der Waals surface area contributed by atoms with Crippen molar-refractivity contribution in [3.8, 4) is 0 Å². The summed E-state index contributed by atoms with van der Waals surface area (Å²) in [6.07, 6.45) is 2.74. The van der Waals surface area contributed by atoms with E-state index in [1.54, 1.807) is 7.11 Å². The molecular weight excluding hydrogens is 200 g/mol. The maximum absolute atomic E-state index is 5.41. The minimum Gasteiger partial charge on any atom is -0.380 e. The molecule has 0 radical (unpaired) electrons. The number of ether oxygens (including phenoxy) is 1. The zero-order valence-electron chi connectivity index (χ0n) is 11.5. The lowest BCUT2D eigenvalue weighted by Gasteiger charge is -2.49. The third kappa shape index (κ3) is 2.96. The molecule has 0 saturated carbocycles. The first kappa shape index (κ1) is 13.9. The van der Waals surface area contributed by atoms with Crippen LogP contribution in [0.2, 0.25) is 0 Å². The van der Waals surface area contributed by atoms with Gasteiger partial charge in [0.2, 0.25) is 0 Å². The van der Waals surface area contributed by atoms with Crippen molar-refractivity contribution in [2.75, 3.05) is 26.7 Å². The Kier molecular flexibility index (Phi) is 5.22. The van der Waals surface area contributed by atoms with E-state index in [2.05, 4.69) is 37.9 Å². The molecule has 1 N–H and O–H groups in total. The van der Waals surface area contributed by atoms with Gasteiger partial charge in [-0.1, -0.05) is 13.8 Å². The smallest absolute Gasteiger partial charge is 0.0670 e. The molecule has 3 nitrogen and oxygen atoms in total. The second-order valence-electron chi connectivity index (χ2n) is 5.16. The highest BCUT2D eigenvalue weighted by Gasteiger charge is 2.38. The quantitative estimate of drug-likeness (QED) is 0.777. The van der Waals surface area contributed by atoms with Crippen LogP contribution in [0.5, 0.6) is 0 Å². The van der Waals surface area contributed by atoms with Gasteiger partial charge in [-0.05, 0) is 26.7 Å². The lowest BCUT2D eigenvalue weighted by molar-refractivity contribution is -0.0101. The summed E-state index contributed by atoms with van der Waals surface area (Å²) < 4.78 is 5.41. The highest BCUT2D eigenvalue weighted by atomic mass is 16.5. The number of hydrogen-bond acceptors (Lipinski definition) is 3. The van der Waals surface area contributed by atoms with Crippen molar-refractivity contribution >= 4 is 0 Å². The predicted molar refractivity (Wildman–Crippen MR) is 68.8 cm³/mol. The van der Waals surface area contributed by atoms with Crippen LogP contribution in [0, 0.1) is 0 Å². The summed E-state index contributed by atoms with van der Waals surface area (Å²) in [7, 11) is 1.80. The van der Waals surface area contributed by atoms with Gasteiger partial charge in [-0.2, -0.15) is 0 Å². The maximum atomic E-state index is 5.41. The second kappa shape index (κ2) is 5.99. The lowest BCUT2D eigenvalue weighted by Crippen LogP contribution is -2.64. The fourth-order valence-corrected chi connectivity index (χ4v) is 2.67. The molecule has 16 heavy (non-hydrogen) atoms. The molecule has 0 aromatic carbocycles. The minimum atomic E-state index is 0.322. The number of piperazine rings is 1. The zero-order valence-corrected chi connectivity index (χ0v) is 11.5. The van der Waals surface area contributed by atoms with Gasteiger partial charge in [-0.15, -0.1) is 0 Å². The van der Waals surface area contributed by atoms with E-state index in [9.17, 15) is 0 Å². The van der Waals surface area contributed by atoms with E-state index in [-0.39, 0.29) is 0 Å². The van der Waals surface area contributed by atoms with Crippen LogP contribution in [0.25, 0.3) is 0 Å². The maximum Gasteiger partial charge on any atom is 0.0670 e. The summed E-state index contributed by atoms with van der Waals surface area (Å²) in [6, 6.07) is 0.593. The molecule has 0 bridgehead atoms. The number of rotatable bonds is 5. The predicted octanol–water partition coefficient (Wildman–Crippen LogP) is 1.87. The molecule has 0 spiro atoms. The summed E-state index contributed by atoms with van der Waals surface area (Å²) in [5.74, 6) is 0. The van der Waals surface area contributed by atoms with Gasteiger partial charge in [0, 0.05) is 38.3 Å². The van der Waals surface area contributed by atoms with Crippen LogP contribution in [-0.4, -0.2) is 49.3 Å².